The van der Waals surface area contributed by atoms with Crippen LogP contribution in [0.1, 0.15) is 40.5 Å². The Hall–Kier alpha value is -1.10. The lowest BCUT2D eigenvalue weighted by atomic mass is 9.85. The van der Waals surface area contributed by atoms with Crippen LogP contribution < -0.4 is 5.32 Å². The second-order valence-electron chi connectivity index (χ2n) is 5.29. The lowest BCUT2D eigenvalue weighted by molar-refractivity contribution is -0.139. The molecule has 0 aliphatic rings. The van der Waals surface area contributed by atoms with Gasteiger partial charge in [-0.1, -0.05) is 27.7 Å². The van der Waals surface area contributed by atoms with E-state index in [1.807, 2.05) is 0 Å². The molecule has 0 saturated heterocycles. The van der Waals surface area contributed by atoms with E-state index in [0.29, 0.717) is 6.54 Å². The molecular formula is C13H26N2O3. The molecule has 0 saturated carbocycles. The van der Waals surface area contributed by atoms with Gasteiger partial charge < -0.3 is 15.3 Å². The first-order chi connectivity index (χ1) is 8.30. The Bertz CT molecular complexity index is 273. The molecule has 5 heteroatoms. The second-order valence-corrected chi connectivity index (χ2v) is 5.29. The van der Waals surface area contributed by atoms with Gasteiger partial charge >= 0.3 is 5.97 Å². The zero-order valence-electron chi connectivity index (χ0n) is 12.0. The fourth-order valence-electron chi connectivity index (χ4n) is 1.86. The van der Waals surface area contributed by atoms with Crippen LogP contribution in [0.4, 0.5) is 0 Å². The van der Waals surface area contributed by atoms with Crippen LogP contribution in [0.25, 0.3) is 0 Å². The van der Waals surface area contributed by atoms with Gasteiger partial charge in [0.25, 0.3) is 0 Å². The first kappa shape index (κ1) is 16.9. The van der Waals surface area contributed by atoms with Crippen molar-refractivity contribution in [2.24, 2.45) is 5.41 Å². The van der Waals surface area contributed by atoms with Crippen LogP contribution in [0, 0.1) is 5.41 Å². The number of carbonyl (C=O) groups is 2. The summed E-state index contributed by atoms with van der Waals surface area (Å²) in [7, 11) is 0. The number of hydrogen-bond donors (Lipinski definition) is 2. The average Bonchev–Trinajstić information content (AvgIpc) is 2.21. The molecular weight excluding hydrogens is 232 g/mol. The molecule has 5 nitrogen and oxygen atoms in total. The SMILES string of the molecule is CCN(CC)CCNC(=O)CC(C)(C)CC(=O)O. The molecule has 0 radical (unpaired) electrons. The molecule has 0 bridgehead atoms. The van der Waals surface area contributed by atoms with Gasteiger partial charge in [0.1, 0.15) is 0 Å². The second kappa shape index (κ2) is 8.08. The Kier molecular flexibility index (Phi) is 7.59. The molecule has 0 unspecified atom stereocenters. The van der Waals surface area contributed by atoms with Crippen molar-refractivity contribution in [1.82, 2.24) is 10.2 Å². The third-order valence-corrected chi connectivity index (χ3v) is 2.91. The molecule has 0 rings (SSSR count). The predicted octanol–water partition coefficient (Wildman–Crippen LogP) is 1.34. The van der Waals surface area contributed by atoms with E-state index in [9.17, 15) is 9.59 Å². The molecule has 106 valence electrons. The molecule has 18 heavy (non-hydrogen) atoms. The first-order valence-corrected chi connectivity index (χ1v) is 6.51. The molecule has 0 spiro atoms. The van der Waals surface area contributed by atoms with Gasteiger partial charge in [0, 0.05) is 19.5 Å². The maximum atomic E-state index is 11.7. The van der Waals surface area contributed by atoms with Gasteiger partial charge in [-0.2, -0.15) is 0 Å². The van der Waals surface area contributed by atoms with E-state index in [1.54, 1.807) is 13.8 Å². The fourth-order valence-corrected chi connectivity index (χ4v) is 1.86. The van der Waals surface area contributed by atoms with Gasteiger partial charge in [0.2, 0.25) is 5.91 Å². The minimum Gasteiger partial charge on any atom is -0.481 e. The molecule has 2 N–H and O–H groups in total. The van der Waals surface area contributed by atoms with Crippen molar-refractivity contribution in [2.45, 2.75) is 40.5 Å². The van der Waals surface area contributed by atoms with Crippen molar-refractivity contribution in [2.75, 3.05) is 26.2 Å². The van der Waals surface area contributed by atoms with E-state index in [1.165, 1.54) is 0 Å². The van der Waals surface area contributed by atoms with Crippen LogP contribution in [0.3, 0.4) is 0 Å². The standard InChI is InChI=1S/C13H26N2O3/c1-5-15(6-2)8-7-14-11(16)9-13(3,4)10-12(17)18/h5-10H2,1-4H3,(H,14,16)(H,17,18). The molecule has 0 heterocycles. The van der Waals surface area contributed by atoms with Crippen molar-refractivity contribution in [3.8, 4) is 0 Å². The van der Waals surface area contributed by atoms with Crippen LogP contribution in [-0.4, -0.2) is 48.1 Å². The monoisotopic (exact) mass is 258 g/mol. The largest absolute Gasteiger partial charge is 0.481 e. The third-order valence-electron chi connectivity index (χ3n) is 2.91. The van der Waals surface area contributed by atoms with Crippen molar-refractivity contribution in [3.63, 3.8) is 0 Å². The summed E-state index contributed by atoms with van der Waals surface area (Å²) < 4.78 is 0. The van der Waals surface area contributed by atoms with Gasteiger partial charge in [0.05, 0.1) is 6.42 Å². The van der Waals surface area contributed by atoms with Crippen LogP contribution >= 0.6 is 0 Å². The van der Waals surface area contributed by atoms with Crippen LogP contribution in [0.15, 0.2) is 0 Å². The summed E-state index contributed by atoms with van der Waals surface area (Å²) in [6, 6.07) is 0. The van der Waals surface area contributed by atoms with E-state index < -0.39 is 11.4 Å². The third kappa shape index (κ3) is 8.06. The van der Waals surface area contributed by atoms with E-state index in [-0.39, 0.29) is 18.7 Å². The molecule has 1 amide bonds. The minimum absolute atomic E-state index is 0.0104. The number of nitrogens with one attached hydrogen (secondary N) is 1. The van der Waals surface area contributed by atoms with Crippen molar-refractivity contribution >= 4 is 11.9 Å². The summed E-state index contributed by atoms with van der Waals surface area (Å²) in [5.41, 5.74) is -0.495. The first-order valence-electron chi connectivity index (χ1n) is 6.51. The zero-order valence-corrected chi connectivity index (χ0v) is 12.0. The molecule has 0 aliphatic carbocycles. The summed E-state index contributed by atoms with van der Waals surface area (Å²) in [5, 5.41) is 11.6. The maximum absolute atomic E-state index is 11.7. The fraction of sp³-hybridized carbons (Fsp3) is 0.846. The number of rotatable bonds is 9. The smallest absolute Gasteiger partial charge is 0.303 e. The number of carbonyl (C=O) groups excluding carboxylic acids is 1. The van der Waals surface area contributed by atoms with Crippen molar-refractivity contribution < 1.29 is 14.7 Å². The van der Waals surface area contributed by atoms with Crippen molar-refractivity contribution in [1.29, 1.82) is 0 Å². The van der Waals surface area contributed by atoms with E-state index in [0.717, 1.165) is 19.6 Å². The van der Waals surface area contributed by atoms with Gasteiger partial charge in [-0.25, -0.2) is 0 Å². The Labute approximate surface area is 110 Å². The summed E-state index contributed by atoms with van der Waals surface area (Å²) >= 11 is 0. The average molecular weight is 258 g/mol. The number of nitrogens with zero attached hydrogens (tertiary/aromatic N) is 1. The van der Waals surface area contributed by atoms with Gasteiger partial charge in [0.15, 0.2) is 0 Å². The quantitative estimate of drug-likeness (QED) is 0.654. The molecule has 0 aromatic heterocycles. The summed E-state index contributed by atoms with van der Waals surface area (Å²) in [6.45, 7) is 11.1. The van der Waals surface area contributed by atoms with Crippen LogP contribution in [0.5, 0.6) is 0 Å². The zero-order chi connectivity index (χ0) is 14.2. The Morgan fingerprint density at radius 1 is 1.17 bits per heavy atom. The van der Waals surface area contributed by atoms with Crippen molar-refractivity contribution in [3.05, 3.63) is 0 Å². The summed E-state index contributed by atoms with van der Waals surface area (Å²) in [5.74, 6) is -0.940. The maximum Gasteiger partial charge on any atom is 0.303 e. The number of carboxylic acid groups (broad SMARTS) is 1. The van der Waals surface area contributed by atoms with Crippen LogP contribution in [0.2, 0.25) is 0 Å². The minimum atomic E-state index is -0.865. The highest BCUT2D eigenvalue weighted by Crippen LogP contribution is 2.24. The van der Waals surface area contributed by atoms with E-state index in [2.05, 4.69) is 24.1 Å². The number of amides is 1. The highest BCUT2D eigenvalue weighted by atomic mass is 16.4. The number of likely N-dealkylation sites (N-methyl/N-ethyl adjacent to an activating group) is 1. The highest BCUT2D eigenvalue weighted by molar-refractivity contribution is 5.77. The lowest BCUT2D eigenvalue weighted by Gasteiger charge is -2.22. The van der Waals surface area contributed by atoms with E-state index in [4.69, 9.17) is 5.11 Å². The van der Waals surface area contributed by atoms with Gasteiger partial charge in [-0.15, -0.1) is 0 Å². The Morgan fingerprint density at radius 3 is 2.17 bits per heavy atom. The Morgan fingerprint density at radius 2 is 1.72 bits per heavy atom. The number of carboxylic acids is 1. The molecule has 0 fully saturated rings. The summed E-state index contributed by atoms with van der Waals surface area (Å²) in [4.78, 5) is 24.5. The highest BCUT2D eigenvalue weighted by Gasteiger charge is 2.24. The van der Waals surface area contributed by atoms with Gasteiger partial charge in [-0.3, -0.25) is 9.59 Å². The molecule has 0 atom stereocenters. The molecule has 0 aliphatic heterocycles. The number of hydrogen-bond acceptors (Lipinski definition) is 3. The Balaban J connectivity index is 3.93. The summed E-state index contributed by atoms with van der Waals surface area (Å²) in [6.07, 6.45) is 0.258. The van der Waals surface area contributed by atoms with E-state index >= 15 is 0 Å². The topological polar surface area (TPSA) is 69.6 Å². The normalized spacial score (nSPS) is 11.6. The number of aliphatic carboxylic acids is 1. The lowest BCUT2D eigenvalue weighted by Crippen LogP contribution is -2.36. The van der Waals surface area contributed by atoms with Gasteiger partial charge in [-0.05, 0) is 18.5 Å². The van der Waals surface area contributed by atoms with Crippen LogP contribution in [-0.2, 0) is 9.59 Å². The molecule has 0 aromatic rings. The molecule has 0 aromatic carbocycles. The predicted molar refractivity (Wildman–Crippen MR) is 71.4 cm³/mol.